The fourth-order valence-corrected chi connectivity index (χ4v) is 12.5. The third kappa shape index (κ3) is 11.2. The first-order valence-electron chi connectivity index (χ1n) is 13.3. The Morgan fingerprint density at radius 3 is 1.89 bits per heavy atom. The van der Waals surface area contributed by atoms with E-state index in [9.17, 15) is 4.79 Å². The highest BCUT2D eigenvalue weighted by Gasteiger charge is 2.28. The Morgan fingerprint density at radius 2 is 1.36 bits per heavy atom. The number of ether oxygens (including phenoxy) is 2. The van der Waals surface area contributed by atoms with Crippen molar-refractivity contribution in [1.82, 2.24) is 0 Å². The van der Waals surface area contributed by atoms with Crippen LogP contribution in [0, 0.1) is 5.92 Å². The summed E-state index contributed by atoms with van der Waals surface area (Å²) in [6, 6.07) is 16.9. The van der Waals surface area contributed by atoms with E-state index >= 15 is 0 Å². The van der Waals surface area contributed by atoms with Crippen molar-refractivity contribution in [2.45, 2.75) is 90.1 Å². The van der Waals surface area contributed by atoms with Crippen molar-refractivity contribution >= 4 is 34.2 Å². The molecule has 0 fully saturated rings. The van der Waals surface area contributed by atoms with Crippen molar-refractivity contribution in [2.75, 3.05) is 6.61 Å². The maximum absolute atomic E-state index is 12.2. The number of esters is 1. The number of alkyl halides is 1. The van der Waals surface area contributed by atoms with Crippen LogP contribution in [0.3, 0.4) is 0 Å². The molecule has 0 spiro atoms. The van der Waals surface area contributed by atoms with Gasteiger partial charge in [-0.1, -0.05) is 63.8 Å². The lowest BCUT2D eigenvalue weighted by Crippen LogP contribution is -2.42. The molecule has 0 amide bonds. The molecule has 0 aromatic heterocycles. The topological polar surface area (TPSA) is 44.8 Å². The number of benzene rings is 2. The predicted octanol–water partition coefficient (Wildman–Crippen LogP) is 8.91. The average Bonchev–Trinajstić information content (AvgIpc) is 2.81. The van der Waals surface area contributed by atoms with E-state index in [0.29, 0.717) is 5.75 Å². The Hall–Kier alpha value is -1.61. The summed E-state index contributed by atoms with van der Waals surface area (Å²) in [5, 5.41) is -0.634. The summed E-state index contributed by atoms with van der Waals surface area (Å²) >= 11 is 6.19. The van der Waals surface area contributed by atoms with E-state index in [0.717, 1.165) is 36.3 Å². The van der Waals surface area contributed by atoms with Gasteiger partial charge in [-0.2, -0.15) is 0 Å². The van der Waals surface area contributed by atoms with Gasteiger partial charge >= 0.3 is 5.97 Å². The summed E-state index contributed by atoms with van der Waals surface area (Å²) in [7, 11) is -2.95. The number of halogens is 1. The zero-order valence-corrected chi connectivity index (χ0v) is 26.0. The second kappa shape index (κ2) is 14.4. The van der Waals surface area contributed by atoms with Crippen molar-refractivity contribution in [3.05, 3.63) is 48.5 Å². The maximum atomic E-state index is 12.2. The van der Waals surface area contributed by atoms with Crippen LogP contribution in [-0.4, -0.2) is 34.6 Å². The van der Waals surface area contributed by atoms with Crippen molar-refractivity contribution in [3.63, 3.8) is 0 Å². The van der Waals surface area contributed by atoms with Crippen LogP contribution in [0.15, 0.2) is 48.5 Å². The highest BCUT2D eigenvalue weighted by atomic mass is 35.5. The third-order valence-corrected chi connectivity index (χ3v) is 13.0. The van der Waals surface area contributed by atoms with Crippen molar-refractivity contribution in [2.24, 2.45) is 5.92 Å². The molecule has 0 aliphatic carbocycles. The van der Waals surface area contributed by atoms with E-state index in [4.69, 9.17) is 25.2 Å². The molecule has 36 heavy (non-hydrogen) atoms. The first-order chi connectivity index (χ1) is 16.9. The highest BCUT2D eigenvalue weighted by molar-refractivity contribution is 6.84. The van der Waals surface area contributed by atoms with Crippen LogP contribution in [0.4, 0.5) is 0 Å². The number of carbonyl (C=O) groups excluding carboxylic acids is 1. The minimum atomic E-state index is -1.51. The van der Waals surface area contributed by atoms with Gasteiger partial charge < -0.3 is 13.6 Å². The Kier molecular flexibility index (Phi) is 12.2. The number of hydrogen-bond acceptors (Lipinski definition) is 4. The quantitative estimate of drug-likeness (QED) is 0.0732. The molecule has 0 aliphatic heterocycles. The zero-order valence-electron chi connectivity index (χ0n) is 23.2. The van der Waals surface area contributed by atoms with Gasteiger partial charge in [-0.05, 0) is 86.5 Å². The van der Waals surface area contributed by atoms with Gasteiger partial charge in [0.25, 0.3) is 0 Å². The van der Waals surface area contributed by atoms with E-state index < -0.39 is 28.0 Å². The first kappa shape index (κ1) is 30.6. The fraction of sp³-hybridized carbons (Fsp3) is 0.552. The molecule has 2 rings (SSSR count). The van der Waals surface area contributed by atoms with E-state index in [1.807, 2.05) is 38.1 Å². The number of carbonyl (C=O) groups is 1. The summed E-state index contributed by atoms with van der Waals surface area (Å²) in [5.74, 6) is 1.07. The Balaban J connectivity index is 1.72. The largest absolute Gasteiger partial charge is 0.494 e. The van der Waals surface area contributed by atoms with Gasteiger partial charge in [0.1, 0.15) is 16.9 Å². The molecule has 0 radical (unpaired) electrons. The van der Waals surface area contributed by atoms with Gasteiger partial charge in [0.05, 0.1) is 6.61 Å². The molecule has 2 aromatic rings. The smallest absolute Gasteiger partial charge is 0.329 e. The highest BCUT2D eigenvalue weighted by Crippen LogP contribution is 2.26. The van der Waals surface area contributed by atoms with Crippen LogP contribution in [0.1, 0.15) is 46.0 Å². The molecule has 0 aliphatic rings. The summed E-state index contributed by atoms with van der Waals surface area (Å²) in [6.07, 6.45) is 5.58. The lowest BCUT2D eigenvalue weighted by molar-refractivity contribution is -0.134. The third-order valence-electron chi connectivity index (χ3n) is 6.15. The summed E-state index contributed by atoms with van der Waals surface area (Å²) in [4.78, 5) is 12.2. The van der Waals surface area contributed by atoms with Crippen LogP contribution in [0.2, 0.25) is 38.8 Å². The van der Waals surface area contributed by atoms with Crippen molar-refractivity contribution < 1.29 is 18.4 Å². The van der Waals surface area contributed by atoms with E-state index in [-0.39, 0.29) is 5.92 Å². The van der Waals surface area contributed by atoms with Crippen LogP contribution in [0.25, 0.3) is 11.1 Å². The number of rotatable bonds is 15. The van der Waals surface area contributed by atoms with Crippen molar-refractivity contribution in [3.8, 4) is 22.6 Å². The number of hydrogen-bond donors (Lipinski definition) is 0. The zero-order chi connectivity index (χ0) is 26.8. The maximum Gasteiger partial charge on any atom is 0.329 e. The molecule has 2 unspecified atom stereocenters. The van der Waals surface area contributed by atoms with Crippen LogP contribution < -0.4 is 9.47 Å². The Labute approximate surface area is 226 Å². The van der Waals surface area contributed by atoms with Gasteiger partial charge in [0.2, 0.25) is 0 Å². The van der Waals surface area contributed by atoms with Crippen molar-refractivity contribution in [1.29, 1.82) is 0 Å². The lowest BCUT2D eigenvalue weighted by Gasteiger charge is -2.31. The van der Waals surface area contributed by atoms with Gasteiger partial charge in [-0.3, -0.25) is 4.79 Å². The van der Waals surface area contributed by atoms with Crippen LogP contribution >= 0.6 is 11.6 Å². The molecule has 2 aromatic carbocycles. The van der Waals surface area contributed by atoms with E-state index in [2.05, 4.69) is 44.9 Å². The molecule has 0 bridgehead atoms. The van der Waals surface area contributed by atoms with Gasteiger partial charge in [0, 0.05) is 0 Å². The molecule has 7 heteroatoms. The molecular formula is C29H45ClO4Si2. The molecule has 0 heterocycles. The van der Waals surface area contributed by atoms with Crippen LogP contribution in [-0.2, 0) is 8.91 Å². The summed E-state index contributed by atoms with van der Waals surface area (Å²) in [5.41, 5.74) is 2.14. The lowest BCUT2D eigenvalue weighted by atomic mass is 10.0. The molecule has 0 N–H and O–H groups in total. The van der Waals surface area contributed by atoms with Gasteiger partial charge in [-0.25, -0.2) is 0 Å². The number of unbranched alkanes of at least 4 members (excludes halogenated alkanes) is 3. The molecule has 4 nitrogen and oxygen atoms in total. The molecule has 0 saturated heterocycles. The van der Waals surface area contributed by atoms with Gasteiger partial charge in [-0.15, -0.1) is 11.6 Å². The Morgan fingerprint density at radius 1 is 0.833 bits per heavy atom. The Bertz CT molecular complexity index is 924. The van der Waals surface area contributed by atoms with E-state index in [1.165, 1.54) is 25.3 Å². The minimum Gasteiger partial charge on any atom is -0.494 e. The fourth-order valence-electron chi connectivity index (χ4n) is 4.15. The normalized spacial score (nSPS) is 13.8. The molecular weight excluding hydrogens is 504 g/mol. The molecule has 2 atom stereocenters. The second-order valence-corrected chi connectivity index (χ2v) is 20.8. The summed E-state index contributed by atoms with van der Waals surface area (Å²) in [6.45, 7) is 16.3. The predicted molar refractivity (Wildman–Crippen MR) is 157 cm³/mol. The molecule has 0 saturated carbocycles. The minimum absolute atomic E-state index is 0.0767. The van der Waals surface area contributed by atoms with Gasteiger partial charge in [0.15, 0.2) is 16.6 Å². The summed E-state index contributed by atoms with van der Waals surface area (Å²) < 4.78 is 17.8. The van der Waals surface area contributed by atoms with Crippen LogP contribution in [0.5, 0.6) is 11.5 Å². The molecule has 200 valence electrons. The monoisotopic (exact) mass is 548 g/mol. The average molecular weight is 549 g/mol. The second-order valence-electron chi connectivity index (χ2n) is 11.2. The van der Waals surface area contributed by atoms with E-state index in [1.54, 1.807) is 12.1 Å². The first-order valence-corrected chi connectivity index (χ1v) is 20.3. The SMILES string of the molecule is CCC(C)C(Cl)C(=O)Oc1ccc(-c2ccc(OCCCCCC[Si](C)(C)O[Si](C)(C)C)cc2)cc1. The standard InChI is InChI=1S/C29H45ClO4Si2/c1-8-23(2)28(30)29(31)33-27-19-15-25(16-20-27)24-13-17-26(18-14-24)32-21-11-9-10-12-22-36(6,7)34-35(3,4)5/h13-20,23,28H,8-12,21-22H2,1-7H3.